The highest BCUT2D eigenvalue weighted by Crippen LogP contribution is 2.09. The number of halogens is 1. The van der Waals surface area contributed by atoms with Crippen LogP contribution < -0.4 is 0 Å². The molecule has 128 valence electrons. The van der Waals surface area contributed by atoms with Gasteiger partial charge in [0.2, 0.25) is 5.91 Å². The van der Waals surface area contributed by atoms with Crippen LogP contribution in [0.3, 0.4) is 0 Å². The van der Waals surface area contributed by atoms with Crippen LogP contribution in [0.4, 0.5) is 4.39 Å². The molecule has 1 aliphatic rings. The molecule has 1 heterocycles. The van der Waals surface area contributed by atoms with Crippen molar-refractivity contribution in [1.82, 2.24) is 14.7 Å². The number of benzene rings is 1. The lowest BCUT2D eigenvalue weighted by Gasteiger charge is -2.34. The Labute approximate surface area is 137 Å². The molecule has 0 radical (unpaired) electrons. The highest BCUT2D eigenvalue weighted by atomic mass is 19.1. The molecular formula is C17H26FN3O2. The highest BCUT2D eigenvalue weighted by Gasteiger charge is 2.23. The molecule has 0 aliphatic carbocycles. The number of nitrogens with zero attached hydrogens (tertiary/aromatic N) is 3. The van der Waals surface area contributed by atoms with Crippen LogP contribution in [0.1, 0.15) is 5.56 Å². The monoisotopic (exact) mass is 323 g/mol. The number of morpholine rings is 1. The van der Waals surface area contributed by atoms with E-state index in [0.717, 1.165) is 25.2 Å². The molecule has 1 atom stereocenters. The van der Waals surface area contributed by atoms with Crippen molar-refractivity contribution < 1.29 is 13.9 Å². The zero-order chi connectivity index (χ0) is 16.8. The first-order valence-electron chi connectivity index (χ1n) is 7.91. The molecule has 1 saturated heterocycles. The number of carbonyl (C=O) groups excluding carboxylic acids is 1. The third-order valence-corrected chi connectivity index (χ3v) is 3.89. The van der Waals surface area contributed by atoms with E-state index in [9.17, 15) is 9.18 Å². The minimum Gasteiger partial charge on any atom is -0.374 e. The lowest BCUT2D eigenvalue weighted by molar-refractivity contribution is -0.133. The van der Waals surface area contributed by atoms with E-state index in [-0.39, 0.29) is 17.8 Å². The number of rotatable bonds is 6. The fourth-order valence-corrected chi connectivity index (χ4v) is 2.75. The molecule has 0 saturated carbocycles. The van der Waals surface area contributed by atoms with Gasteiger partial charge in [-0.2, -0.15) is 0 Å². The standard InChI is InChI=1S/C17H26FN3O2/c1-19(2)11-16-12-21(7-8-23-16)13-17(22)20(3)10-14-5-4-6-15(18)9-14/h4-6,9,16H,7-8,10-13H2,1-3H3/t16-/m1/s1. The van der Waals surface area contributed by atoms with E-state index in [2.05, 4.69) is 9.80 Å². The molecule has 23 heavy (non-hydrogen) atoms. The topological polar surface area (TPSA) is 36.0 Å². The van der Waals surface area contributed by atoms with Crippen LogP contribution in [-0.4, -0.2) is 80.6 Å². The van der Waals surface area contributed by atoms with Crippen LogP contribution in [0.2, 0.25) is 0 Å². The molecule has 0 aromatic heterocycles. The maximum atomic E-state index is 13.2. The largest absolute Gasteiger partial charge is 0.374 e. The molecule has 1 aromatic rings. The summed E-state index contributed by atoms with van der Waals surface area (Å²) in [6, 6.07) is 6.36. The Bertz CT molecular complexity index is 524. The second-order valence-electron chi connectivity index (χ2n) is 6.37. The van der Waals surface area contributed by atoms with Gasteiger partial charge >= 0.3 is 0 Å². The molecule has 0 bridgehead atoms. The molecule has 2 rings (SSSR count). The van der Waals surface area contributed by atoms with Crippen molar-refractivity contribution in [1.29, 1.82) is 0 Å². The van der Waals surface area contributed by atoms with Crippen molar-refractivity contribution in [3.8, 4) is 0 Å². The summed E-state index contributed by atoms with van der Waals surface area (Å²) in [6.07, 6.45) is 0.139. The Morgan fingerprint density at radius 2 is 2.17 bits per heavy atom. The van der Waals surface area contributed by atoms with E-state index in [1.54, 1.807) is 18.0 Å². The third kappa shape index (κ3) is 5.89. The van der Waals surface area contributed by atoms with E-state index in [4.69, 9.17) is 4.74 Å². The second kappa shape index (κ2) is 8.38. The predicted octanol–water partition coefficient (Wildman–Crippen LogP) is 1.05. The van der Waals surface area contributed by atoms with Gasteiger partial charge in [0.15, 0.2) is 0 Å². The number of hydrogen-bond acceptors (Lipinski definition) is 4. The average molecular weight is 323 g/mol. The Balaban J connectivity index is 1.83. The van der Waals surface area contributed by atoms with Gasteiger partial charge in [0.25, 0.3) is 0 Å². The van der Waals surface area contributed by atoms with Crippen LogP contribution in [0.25, 0.3) is 0 Å². The van der Waals surface area contributed by atoms with Crippen LogP contribution in [0.15, 0.2) is 24.3 Å². The van der Waals surface area contributed by atoms with E-state index >= 15 is 0 Å². The van der Waals surface area contributed by atoms with Crippen molar-refractivity contribution in [2.75, 3.05) is 53.9 Å². The lowest BCUT2D eigenvalue weighted by atomic mass is 10.2. The fraction of sp³-hybridized carbons (Fsp3) is 0.588. The van der Waals surface area contributed by atoms with Gasteiger partial charge in [-0.25, -0.2) is 4.39 Å². The first-order chi connectivity index (χ1) is 10.9. The van der Waals surface area contributed by atoms with Gasteiger partial charge in [-0.05, 0) is 31.8 Å². The third-order valence-electron chi connectivity index (χ3n) is 3.89. The van der Waals surface area contributed by atoms with E-state index in [0.29, 0.717) is 19.7 Å². The molecule has 0 N–H and O–H groups in total. The number of amides is 1. The summed E-state index contributed by atoms with van der Waals surface area (Å²) < 4.78 is 18.9. The van der Waals surface area contributed by atoms with E-state index in [1.807, 2.05) is 20.2 Å². The zero-order valence-electron chi connectivity index (χ0n) is 14.2. The molecular weight excluding hydrogens is 297 g/mol. The molecule has 1 aliphatic heterocycles. The molecule has 1 amide bonds. The smallest absolute Gasteiger partial charge is 0.236 e. The molecule has 5 nitrogen and oxygen atoms in total. The molecule has 0 spiro atoms. The minimum atomic E-state index is -0.275. The summed E-state index contributed by atoms with van der Waals surface area (Å²) in [5.74, 6) is -0.234. The molecule has 1 fully saturated rings. The van der Waals surface area contributed by atoms with Crippen LogP contribution >= 0.6 is 0 Å². The summed E-state index contributed by atoms with van der Waals surface area (Å²) in [5.41, 5.74) is 0.799. The quantitative estimate of drug-likeness (QED) is 0.784. The first kappa shape index (κ1) is 17.8. The van der Waals surface area contributed by atoms with Crippen molar-refractivity contribution in [3.63, 3.8) is 0 Å². The average Bonchev–Trinajstić information content (AvgIpc) is 2.46. The molecule has 1 aromatic carbocycles. The summed E-state index contributed by atoms with van der Waals surface area (Å²) in [5, 5.41) is 0. The highest BCUT2D eigenvalue weighted by molar-refractivity contribution is 5.78. The van der Waals surface area contributed by atoms with Crippen molar-refractivity contribution >= 4 is 5.91 Å². The van der Waals surface area contributed by atoms with Crippen molar-refractivity contribution in [2.45, 2.75) is 12.6 Å². The Morgan fingerprint density at radius 1 is 1.39 bits per heavy atom. The maximum Gasteiger partial charge on any atom is 0.236 e. The van der Waals surface area contributed by atoms with Gasteiger partial charge in [-0.3, -0.25) is 9.69 Å². The van der Waals surface area contributed by atoms with Crippen molar-refractivity contribution in [2.24, 2.45) is 0 Å². The molecule has 6 heteroatoms. The van der Waals surface area contributed by atoms with Crippen LogP contribution in [0, 0.1) is 5.82 Å². The summed E-state index contributed by atoms with van der Waals surface area (Å²) >= 11 is 0. The van der Waals surface area contributed by atoms with Gasteiger partial charge in [-0.15, -0.1) is 0 Å². The first-order valence-corrected chi connectivity index (χ1v) is 7.91. The van der Waals surface area contributed by atoms with Gasteiger partial charge in [-0.1, -0.05) is 12.1 Å². The zero-order valence-corrected chi connectivity index (χ0v) is 14.2. The number of carbonyl (C=O) groups is 1. The molecule has 0 unspecified atom stereocenters. The van der Waals surface area contributed by atoms with Gasteiger partial charge in [0, 0.05) is 33.2 Å². The van der Waals surface area contributed by atoms with Gasteiger partial charge < -0.3 is 14.5 Å². The number of likely N-dealkylation sites (N-methyl/N-ethyl adjacent to an activating group) is 2. The van der Waals surface area contributed by atoms with Crippen LogP contribution in [0.5, 0.6) is 0 Å². The summed E-state index contributed by atoms with van der Waals surface area (Å²) in [4.78, 5) is 18.2. The Kier molecular flexibility index (Phi) is 6.50. The summed E-state index contributed by atoms with van der Waals surface area (Å²) in [7, 11) is 5.78. The predicted molar refractivity (Wildman–Crippen MR) is 87.6 cm³/mol. The van der Waals surface area contributed by atoms with E-state index < -0.39 is 0 Å². The van der Waals surface area contributed by atoms with Gasteiger partial charge in [0.05, 0.1) is 19.3 Å². The Morgan fingerprint density at radius 3 is 2.87 bits per heavy atom. The maximum absolute atomic E-state index is 13.2. The second-order valence-corrected chi connectivity index (χ2v) is 6.37. The Hall–Kier alpha value is -1.50. The normalized spacial score (nSPS) is 19.1. The van der Waals surface area contributed by atoms with Crippen LogP contribution in [-0.2, 0) is 16.1 Å². The number of hydrogen-bond donors (Lipinski definition) is 0. The SMILES string of the molecule is CN(C)C[C@@H]1CN(CC(=O)N(C)Cc2cccc(F)c2)CCO1. The summed E-state index contributed by atoms with van der Waals surface area (Å²) in [6.45, 7) is 3.82. The van der Waals surface area contributed by atoms with Crippen molar-refractivity contribution in [3.05, 3.63) is 35.6 Å². The number of ether oxygens (including phenoxy) is 1. The van der Waals surface area contributed by atoms with E-state index in [1.165, 1.54) is 12.1 Å². The minimum absolute atomic E-state index is 0.0414. The van der Waals surface area contributed by atoms with Gasteiger partial charge in [0.1, 0.15) is 5.82 Å². The fourth-order valence-electron chi connectivity index (χ4n) is 2.75. The lowest BCUT2D eigenvalue weighted by Crippen LogP contribution is -2.49.